The zero-order valence-corrected chi connectivity index (χ0v) is 17.9. The van der Waals surface area contributed by atoms with Crippen molar-refractivity contribution in [3.63, 3.8) is 0 Å². The molecule has 0 saturated heterocycles. The second kappa shape index (κ2) is 8.62. The van der Waals surface area contributed by atoms with Crippen molar-refractivity contribution >= 4 is 38.1 Å². The molecule has 0 bridgehead atoms. The Hall–Kier alpha value is -2.91. The molecular weight excluding hydrogens is 410 g/mol. The predicted molar refractivity (Wildman–Crippen MR) is 114 cm³/mol. The van der Waals surface area contributed by atoms with Crippen molar-refractivity contribution in [1.82, 2.24) is 9.71 Å². The van der Waals surface area contributed by atoms with E-state index in [4.69, 9.17) is 4.74 Å². The third-order valence-corrected chi connectivity index (χ3v) is 5.61. The van der Waals surface area contributed by atoms with Crippen LogP contribution in [0.3, 0.4) is 0 Å². The molecule has 0 spiro atoms. The van der Waals surface area contributed by atoms with Gasteiger partial charge in [-0.15, -0.1) is 11.3 Å². The van der Waals surface area contributed by atoms with Crippen LogP contribution in [0.2, 0.25) is 0 Å². The van der Waals surface area contributed by atoms with Gasteiger partial charge in [-0.25, -0.2) is 18.1 Å². The van der Waals surface area contributed by atoms with E-state index >= 15 is 0 Å². The first-order valence-electron chi connectivity index (χ1n) is 8.72. The molecule has 7 nitrogen and oxygen atoms in total. The number of ether oxygens (including phenoxy) is 1. The van der Waals surface area contributed by atoms with Gasteiger partial charge in [0.05, 0.1) is 19.9 Å². The van der Waals surface area contributed by atoms with Crippen LogP contribution in [0, 0.1) is 6.92 Å². The van der Waals surface area contributed by atoms with Crippen LogP contribution in [0.5, 0.6) is 5.75 Å². The predicted octanol–water partition coefficient (Wildman–Crippen LogP) is 3.49. The van der Waals surface area contributed by atoms with Crippen molar-refractivity contribution in [2.45, 2.75) is 13.5 Å². The summed E-state index contributed by atoms with van der Waals surface area (Å²) in [6.07, 6.45) is 0.936. The number of rotatable bonds is 7. The number of aryl methyl sites for hydroxylation is 1. The van der Waals surface area contributed by atoms with Gasteiger partial charge in [-0.3, -0.25) is 4.79 Å². The summed E-state index contributed by atoms with van der Waals surface area (Å²) in [7, 11) is -2.07. The highest BCUT2D eigenvalue weighted by Gasteiger charge is 2.22. The smallest absolute Gasteiger partial charge is 0.284 e. The number of amides is 1. The second-order valence-electron chi connectivity index (χ2n) is 6.38. The van der Waals surface area contributed by atoms with Crippen LogP contribution >= 0.6 is 11.3 Å². The minimum Gasteiger partial charge on any atom is -0.497 e. The van der Waals surface area contributed by atoms with Gasteiger partial charge < -0.3 is 9.64 Å². The molecule has 1 heterocycles. The van der Waals surface area contributed by atoms with E-state index in [1.807, 2.05) is 64.2 Å². The number of nitrogens with one attached hydrogen (secondary N) is 1. The van der Waals surface area contributed by atoms with Crippen LogP contribution in [-0.2, 0) is 16.6 Å². The SMILES string of the molecule is COc1cccc(N(Cc2ccccc2)c2nc(C(=O)NS(C)(=O)=O)c(C)s2)c1. The van der Waals surface area contributed by atoms with Crippen LogP contribution < -0.4 is 14.4 Å². The molecule has 2 aromatic carbocycles. The number of aromatic nitrogens is 1. The fraction of sp³-hybridized carbons (Fsp3) is 0.200. The number of benzene rings is 2. The first-order valence-corrected chi connectivity index (χ1v) is 11.4. The van der Waals surface area contributed by atoms with E-state index in [1.54, 1.807) is 14.0 Å². The highest BCUT2D eigenvalue weighted by Crippen LogP contribution is 2.34. The first-order chi connectivity index (χ1) is 13.8. The summed E-state index contributed by atoms with van der Waals surface area (Å²) < 4.78 is 30.2. The molecule has 0 unspecified atom stereocenters. The molecular formula is C20H21N3O4S2. The number of carbonyl (C=O) groups excluding carboxylic acids is 1. The van der Waals surface area contributed by atoms with Crippen molar-refractivity contribution in [3.8, 4) is 5.75 Å². The van der Waals surface area contributed by atoms with Crippen molar-refractivity contribution in [2.24, 2.45) is 0 Å². The van der Waals surface area contributed by atoms with Gasteiger partial charge in [-0.1, -0.05) is 36.4 Å². The maximum atomic E-state index is 12.3. The topological polar surface area (TPSA) is 88.6 Å². The molecule has 0 aliphatic carbocycles. The van der Waals surface area contributed by atoms with E-state index in [2.05, 4.69) is 4.98 Å². The van der Waals surface area contributed by atoms with Gasteiger partial charge in [-0.05, 0) is 24.6 Å². The fourth-order valence-electron chi connectivity index (χ4n) is 2.74. The van der Waals surface area contributed by atoms with Crippen LogP contribution in [-0.4, -0.2) is 32.7 Å². The number of nitrogens with zero attached hydrogens (tertiary/aromatic N) is 2. The molecule has 1 N–H and O–H groups in total. The summed E-state index contributed by atoms with van der Waals surface area (Å²) in [4.78, 5) is 19.4. The minimum absolute atomic E-state index is 0.0939. The van der Waals surface area contributed by atoms with Gasteiger partial charge in [0.2, 0.25) is 10.0 Å². The summed E-state index contributed by atoms with van der Waals surface area (Å²) in [5.41, 5.74) is 2.00. The highest BCUT2D eigenvalue weighted by molar-refractivity contribution is 7.89. The Labute approximate surface area is 174 Å². The van der Waals surface area contributed by atoms with Crippen LogP contribution in [0.15, 0.2) is 54.6 Å². The molecule has 1 aromatic heterocycles. The third-order valence-electron chi connectivity index (χ3n) is 4.06. The van der Waals surface area contributed by atoms with E-state index in [0.29, 0.717) is 22.3 Å². The maximum absolute atomic E-state index is 12.3. The molecule has 0 saturated carbocycles. The number of hydrogen-bond acceptors (Lipinski definition) is 7. The Kier molecular flexibility index (Phi) is 6.19. The molecule has 0 fully saturated rings. The van der Waals surface area contributed by atoms with Gasteiger partial charge >= 0.3 is 0 Å². The molecule has 152 valence electrons. The Morgan fingerprint density at radius 3 is 2.55 bits per heavy atom. The van der Waals surface area contributed by atoms with E-state index in [9.17, 15) is 13.2 Å². The Bertz CT molecular complexity index is 1110. The lowest BCUT2D eigenvalue weighted by Gasteiger charge is -2.22. The molecule has 0 aliphatic heterocycles. The lowest BCUT2D eigenvalue weighted by molar-refractivity contribution is 0.0977. The Balaban J connectivity index is 2.02. The van der Waals surface area contributed by atoms with Crippen LogP contribution in [0.1, 0.15) is 20.9 Å². The molecule has 0 aliphatic rings. The Morgan fingerprint density at radius 2 is 1.90 bits per heavy atom. The molecule has 3 aromatic rings. The zero-order chi connectivity index (χ0) is 21.0. The van der Waals surface area contributed by atoms with E-state index in [-0.39, 0.29) is 5.69 Å². The van der Waals surface area contributed by atoms with E-state index in [0.717, 1.165) is 17.5 Å². The molecule has 29 heavy (non-hydrogen) atoms. The van der Waals surface area contributed by atoms with E-state index < -0.39 is 15.9 Å². The number of methoxy groups -OCH3 is 1. The molecule has 3 rings (SSSR count). The molecule has 0 radical (unpaired) electrons. The maximum Gasteiger partial charge on any atom is 0.284 e. The molecule has 9 heteroatoms. The quantitative estimate of drug-likeness (QED) is 0.616. The average Bonchev–Trinajstić information content (AvgIpc) is 3.07. The van der Waals surface area contributed by atoms with Gasteiger partial charge in [-0.2, -0.15) is 0 Å². The zero-order valence-electron chi connectivity index (χ0n) is 16.2. The molecule has 1 amide bonds. The lowest BCUT2D eigenvalue weighted by Crippen LogP contribution is -2.30. The van der Waals surface area contributed by atoms with Gasteiger partial charge in [0.15, 0.2) is 5.13 Å². The summed E-state index contributed by atoms with van der Waals surface area (Å²) in [5, 5.41) is 0.582. The highest BCUT2D eigenvalue weighted by atomic mass is 32.2. The largest absolute Gasteiger partial charge is 0.497 e. The van der Waals surface area contributed by atoms with Crippen LogP contribution in [0.4, 0.5) is 10.8 Å². The second-order valence-corrected chi connectivity index (χ2v) is 9.31. The van der Waals surface area contributed by atoms with Gasteiger partial charge in [0.25, 0.3) is 5.91 Å². The normalized spacial score (nSPS) is 11.1. The first kappa shape index (κ1) is 20.8. The standard InChI is InChI=1S/C20H21N3O4S2/c1-14-18(19(24)22-29(3,25)26)21-20(28-14)23(13-15-8-5-4-6-9-15)16-10-7-11-17(12-16)27-2/h4-12H,13H2,1-3H3,(H,22,24). The lowest BCUT2D eigenvalue weighted by atomic mass is 10.2. The number of hydrogen-bond donors (Lipinski definition) is 1. The summed E-state index contributed by atoms with van der Waals surface area (Å²) in [6, 6.07) is 17.4. The summed E-state index contributed by atoms with van der Waals surface area (Å²) >= 11 is 1.32. The van der Waals surface area contributed by atoms with Crippen LogP contribution in [0.25, 0.3) is 0 Å². The monoisotopic (exact) mass is 431 g/mol. The summed E-state index contributed by atoms with van der Waals surface area (Å²) in [6.45, 7) is 2.26. The third kappa shape index (κ3) is 5.33. The number of carbonyl (C=O) groups is 1. The minimum atomic E-state index is -3.67. The van der Waals surface area contributed by atoms with Crippen molar-refractivity contribution in [2.75, 3.05) is 18.3 Å². The number of anilines is 2. The van der Waals surface area contributed by atoms with Crippen molar-refractivity contribution < 1.29 is 17.9 Å². The average molecular weight is 432 g/mol. The fourth-order valence-corrected chi connectivity index (χ4v) is 4.10. The van der Waals surface area contributed by atoms with Crippen molar-refractivity contribution in [3.05, 3.63) is 70.7 Å². The van der Waals surface area contributed by atoms with Gasteiger partial charge in [0, 0.05) is 16.6 Å². The van der Waals surface area contributed by atoms with Gasteiger partial charge in [0.1, 0.15) is 11.4 Å². The van der Waals surface area contributed by atoms with Crippen molar-refractivity contribution in [1.29, 1.82) is 0 Å². The Morgan fingerprint density at radius 1 is 1.17 bits per heavy atom. The molecule has 0 atom stereocenters. The number of sulfonamides is 1. The summed E-state index contributed by atoms with van der Waals surface area (Å²) in [5.74, 6) is -0.0401. The van der Waals surface area contributed by atoms with E-state index in [1.165, 1.54) is 11.3 Å². The number of thiazole rings is 1.